The second-order valence-corrected chi connectivity index (χ2v) is 9.10. The van der Waals surface area contributed by atoms with Gasteiger partial charge in [-0.25, -0.2) is 0 Å². The minimum atomic E-state index is -0.106. The van der Waals surface area contributed by atoms with Gasteiger partial charge < -0.3 is 24.4 Å². The Labute approximate surface area is 212 Å². The molecule has 1 saturated heterocycles. The second kappa shape index (κ2) is 11.3. The molecule has 0 spiro atoms. The number of rotatable bonds is 9. The lowest BCUT2D eigenvalue weighted by molar-refractivity contribution is -0.130. The molecule has 7 heteroatoms. The number of nitrogens with one attached hydrogen (secondary N) is 1. The third-order valence-electron chi connectivity index (χ3n) is 6.72. The smallest absolute Gasteiger partial charge is 0.227 e. The standard InChI is InChI=1S/C29H34N2O5/c1-5-11-30-29(33)23-10-12-31(18-23)27(32)14-19-6-7-21-15-22(9-8-20(21)13-19)24-16-25(34-2)28(36-4)26(17-24)35-3/h6-9,13,15-17,23H,5,10-12,14,18H2,1-4H3,(H,30,33)/t23-/m1/s1. The fraction of sp³-hybridized carbons (Fsp3) is 0.379. The molecule has 0 saturated carbocycles. The van der Waals surface area contributed by atoms with Gasteiger partial charge in [0.05, 0.1) is 33.7 Å². The molecule has 1 atom stereocenters. The number of fused-ring (bicyclic) bond motifs is 1. The van der Waals surface area contributed by atoms with Crippen LogP contribution >= 0.6 is 0 Å². The summed E-state index contributed by atoms with van der Waals surface area (Å²) < 4.78 is 16.4. The van der Waals surface area contributed by atoms with Crippen LogP contribution in [0, 0.1) is 5.92 Å². The van der Waals surface area contributed by atoms with Crippen molar-refractivity contribution in [1.29, 1.82) is 0 Å². The molecule has 1 fully saturated rings. The first kappa shape index (κ1) is 25.4. The van der Waals surface area contributed by atoms with Gasteiger partial charge in [0.1, 0.15) is 0 Å². The molecule has 3 aromatic rings. The van der Waals surface area contributed by atoms with E-state index in [1.54, 1.807) is 21.3 Å². The summed E-state index contributed by atoms with van der Waals surface area (Å²) in [5.74, 6) is 1.78. The van der Waals surface area contributed by atoms with Gasteiger partial charge in [-0.1, -0.05) is 37.3 Å². The number of hydrogen-bond donors (Lipinski definition) is 1. The predicted molar refractivity (Wildman–Crippen MR) is 141 cm³/mol. The number of methoxy groups -OCH3 is 3. The number of nitrogens with zero attached hydrogens (tertiary/aromatic N) is 1. The number of ether oxygens (including phenoxy) is 3. The van der Waals surface area contributed by atoms with Crippen molar-refractivity contribution < 1.29 is 23.8 Å². The maximum Gasteiger partial charge on any atom is 0.227 e. The van der Waals surface area contributed by atoms with Crippen molar-refractivity contribution >= 4 is 22.6 Å². The largest absolute Gasteiger partial charge is 0.493 e. The number of carbonyl (C=O) groups is 2. The van der Waals surface area contributed by atoms with E-state index in [1.165, 1.54) is 0 Å². The van der Waals surface area contributed by atoms with Gasteiger partial charge in [0.15, 0.2) is 11.5 Å². The maximum absolute atomic E-state index is 12.9. The third-order valence-corrected chi connectivity index (χ3v) is 6.72. The van der Waals surface area contributed by atoms with Crippen LogP contribution in [0.4, 0.5) is 0 Å². The Morgan fingerprint density at radius 3 is 2.28 bits per heavy atom. The molecule has 0 radical (unpaired) electrons. The zero-order valence-corrected chi connectivity index (χ0v) is 21.4. The molecule has 1 N–H and O–H groups in total. The predicted octanol–water partition coefficient (Wildman–Crippen LogP) is 4.45. The van der Waals surface area contributed by atoms with Crippen molar-refractivity contribution in [3.8, 4) is 28.4 Å². The lowest BCUT2D eigenvalue weighted by Gasteiger charge is -2.17. The molecule has 7 nitrogen and oxygen atoms in total. The van der Waals surface area contributed by atoms with Crippen LogP contribution in [0.25, 0.3) is 21.9 Å². The molecule has 190 valence electrons. The molecular formula is C29H34N2O5. The highest BCUT2D eigenvalue weighted by atomic mass is 16.5. The van der Waals surface area contributed by atoms with E-state index in [0.717, 1.165) is 40.3 Å². The Morgan fingerprint density at radius 2 is 1.61 bits per heavy atom. The number of amides is 2. The average molecular weight is 491 g/mol. The van der Waals surface area contributed by atoms with E-state index in [1.807, 2.05) is 36.1 Å². The van der Waals surface area contributed by atoms with Gasteiger partial charge in [-0.15, -0.1) is 0 Å². The summed E-state index contributed by atoms with van der Waals surface area (Å²) in [6.07, 6.45) is 1.96. The molecule has 4 rings (SSSR count). The van der Waals surface area contributed by atoms with Crippen molar-refractivity contribution in [2.45, 2.75) is 26.2 Å². The first-order valence-corrected chi connectivity index (χ1v) is 12.4. The van der Waals surface area contributed by atoms with Gasteiger partial charge >= 0.3 is 0 Å². The number of likely N-dealkylation sites (tertiary alicyclic amines) is 1. The van der Waals surface area contributed by atoms with Gasteiger partial charge in [-0.3, -0.25) is 9.59 Å². The zero-order chi connectivity index (χ0) is 25.7. The molecule has 0 aromatic heterocycles. The summed E-state index contributed by atoms with van der Waals surface area (Å²) in [5.41, 5.74) is 2.94. The van der Waals surface area contributed by atoms with E-state index in [-0.39, 0.29) is 17.7 Å². The van der Waals surface area contributed by atoms with Gasteiger partial charge in [0.2, 0.25) is 17.6 Å². The highest BCUT2D eigenvalue weighted by Gasteiger charge is 2.30. The van der Waals surface area contributed by atoms with Gasteiger partial charge in [-0.05, 0) is 58.5 Å². The first-order valence-electron chi connectivity index (χ1n) is 12.4. The SMILES string of the molecule is CCCNC(=O)[C@@H]1CCN(C(=O)Cc2ccc3cc(-c4cc(OC)c(OC)c(OC)c4)ccc3c2)C1. The number of benzene rings is 3. The average Bonchev–Trinajstić information content (AvgIpc) is 3.41. The van der Waals surface area contributed by atoms with E-state index < -0.39 is 0 Å². The molecule has 36 heavy (non-hydrogen) atoms. The van der Waals surface area contributed by atoms with E-state index in [0.29, 0.717) is 43.3 Å². The van der Waals surface area contributed by atoms with Crippen LogP contribution in [0.1, 0.15) is 25.3 Å². The molecule has 0 unspecified atom stereocenters. The minimum absolute atomic E-state index is 0.0563. The fourth-order valence-electron chi connectivity index (χ4n) is 4.71. The fourth-order valence-corrected chi connectivity index (χ4v) is 4.71. The topological polar surface area (TPSA) is 77.1 Å². The number of hydrogen-bond acceptors (Lipinski definition) is 5. The molecule has 0 bridgehead atoms. The van der Waals surface area contributed by atoms with Crippen LogP contribution < -0.4 is 19.5 Å². The monoisotopic (exact) mass is 490 g/mol. The molecule has 0 aliphatic carbocycles. The molecule has 1 aliphatic rings. The van der Waals surface area contributed by atoms with Gasteiger partial charge in [0.25, 0.3) is 0 Å². The van der Waals surface area contributed by atoms with Gasteiger partial charge in [0, 0.05) is 19.6 Å². The lowest BCUT2D eigenvalue weighted by atomic mass is 9.98. The van der Waals surface area contributed by atoms with Crippen molar-refractivity contribution in [2.24, 2.45) is 5.92 Å². The third kappa shape index (κ3) is 5.40. The van der Waals surface area contributed by atoms with Crippen molar-refractivity contribution in [3.63, 3.8) is 0 Å². The van der Waals surface area contributed by atoms with Crippen LogP contribution in [0.2, 0.25) is 0 Å². The Kier molecular flexibility index (Phi) is 7.98. The van der Waals surface area contributed by atoms with Crippen molar-refractivity contribution in [1.82, 2.24) is 10.2 Å². The van der Waals surface area contributed by atoms with Crippen LogP contribution in [0.3, 0.4) is 0 Å². The summed E-state index contributed by atoms with van der Waals surface area (Å²) in [5, 5.41) is 5.08. The van der Waals surface area contributed by atoms with E-state index in [4.69, 9.17) is 14.2 Å². The molecule has 3 aromatic carbocycles. The summed E-state index contributed by atoms with van der Waals surface area (Å²) in [6, 6.07) is 16.2. The minimum Gasteiger partial charge on any atom is -0.493 e. The normalized spacial score (nSPS) is 15.1. The van der Waals surface area contributed by atoms with Crippen molar-refractivity contribution in [2.75, 3.05) is 41.0 Å². The Hall–Kier alpha value is -3.74. The van der Waals surface area contributed by atoms with E-state index >= 15 is 0 Å². The molecule has 2 amide bonds. The Balaban J connectivity index is 1.48. The Morgan fingerprint density at radius 1 is 0.917 bits per heavy atom. The zero-order valence-electron chi connectivity index (χ0n) is 21.4. The lowest BCUT2D eigenvalue weighted by Crippen LogP contribution is -2.35. The first-order chi connectivity index (χ1) is 17.5. The molecule has 1 heterocycles. The highest BCUT2D eigenvalue weighted by Crippen LogP contribution is 2.41. The van der Waals surface area contributed by atoms with E-state index in [9.17, 15) is 9.59 Å². The molecule has 1 aliphatic heterocycles. The van der Waals surface area contributed by atoms with Crippen LogP contribution in [0.5, 0.6) is 17.2 Å². The molecular weight excluding hydrogens is 456 g/mol. The highest BCUT2D eigenvalue weighted by molar-refractivity contribution is 5.90. The van der Waals surface area contributed by atoms with Crippen LogP contribution in [-0.2, 0) is 16.0 Å². The summed E-state index contributed by atoms with van der Waals surface area (Å²) in [6.45, 7) is 3.85. The van der Waals surface area contributed by atoms with Crippen LogP contribution in [-0.4, -0.2) is 57.7 Å². The van der Waals surface area contributed by atoms with E-state index in [2.05, 4.69) is 29.6 Å². The summed E-state index contributed by atoms with van der Waals surface area (Å²) >= 11 is 0. The maximum atomic E-state index is 12.9. The quantitative estimate of drug-likeness (QED) is 0.480. The number of carbonyl (C=O) groups excluding carboxylic acids is 2. The second-order valence-electron chi connectivity index (χ2n) is 9.10. The van der Waals surface area contributed by atoms with Crippen molar-refractivity contribution in [3.05, 3.63) is 54.1 Å². The van der Waals surface area contributed by atoms with Crippen LogP contribution in [0.15, 0.2) is 48.5 Å². The van der Waals surface area contributed by atoms with Gasteiger partial charge in [-0.2, -0.15) is 0 Å². The summed E-state index contributed by atoms with van der Waals surface area (Å²) in [7, 11) is 4.80. The summed E-state index contributed by atoms with van der Waals surface area (Å²) in [4.78, 5) is 27.0. The Bertz CT molecular complexity index is 1230.